The van der Waals surface area contributed by atoms with Gasteiger partial charge < -0.3 is 15.1 Å². The number of hydrogen-bond donors (Lipinski definition) is 1. The Morgan fingerprint density at radius 2 is 1.90 bits per heavy atom. The summed E-state index contributed by atoms with van der Waals surface area (Å²) in [4.78, 5) is 20.6. The zero-order valence-electron chi connectivity index (χ0n) is 18.1. The van der Waals surface area contributed by atoms with E-state index in [1.807, 2.05) is 0 Å². The Hall–Kier alpha value is -1.59. The van der Waals surface area contributed by atoms with Gasteiger partial charge in [0.2, 0.25) is 5.91 Å². The molecule has 0 aliphatic carbocycles. The maximum atomic E-state index is 13.3. The first kappa shape index (κ1) is 19.4. The minimum atomic E-state index is -0.106. The van der Waals surface area contributed by atoms with Crippen molar-refractivity contribution in [2.24, 2.45) is 5.41 Å². The lowest BCUT2D eigenvalue weighted by atomic mass is 9.77. The van der Waals surface area contributed by atoms with E-state index >= 15 is 0 Å². The molecule has 1 amide bonds. The van der Waals surface area contributed by atoms with Crippen LogP contribution < -0.4 is 15.1 Å². The van der Waals surface area contributed by atoms with E-state index in [9.17, 15) is 4.79 Å². The molecule has 29 heavy (non-hydrogen) atoms. The molecule has 1 aromatic rings. The zero-order valence-corrected chi connectivity index (χ0v) is 18.1. The van der Waals surface area contributed by atoms with Gasteiger partial charge in [-0.25, -0.2) is 0 Å². The highest BCUT2D eigenvalue weighted by Gasteiger charge is 2.47. The van der Waals surface area contributed by atoms with E-state index in [1.54, 1.807) is 0 Å². The molecule has 4 aliphatic heterocycles. The fraction of sp³-hybridized carbons (Fsp3) is 0.708. The van der Waals surface area contributed by atoms with Gasteiger partial charge in [0.25, 0.3) is 0 Å². The smallest absolute Gasteiger partial charge is 0.233 e. The Morgan fingerprint density at radius 1 is 1.07 bits per heavy atom. The van der Waals surface area contributed by atoms with Crippen molar-refractivity contribution in [1.82, 2.24) is 10.2 Å². The molecule has 2 atom stereocenters. The molecule has 5 nitrogen and oxygen atoms in total. The molecule has 0 bridgehead atoms. The molecule has 0 unspecified atom stereocenters. The molecule has 5 rings (SSSR count). The molecule has 4 saturated heterocycles. The first-order chi connectivity index (χ1) is 14.1. The van der Waals surface area contributed by atoms with Crippen molar-refractivity contribution in [2.45, 2.75) is 64.5 Å². The van der Waals surface area contributed by atoms with Gasteiger partial charge in [0.05, 0.1) is 5.41 Å². The van der Waals surface area contributed by atoms with E-state index in [0.29, 0.717) is 11.9 Å². The van der Waals surface area contributed by atoms with Crippen molar-refractivity contribution >= 4 is 17.3 Å². The zero-order chi connectivity index (χ0) is 20.0. The summed E-state index contributed by atoms with van der Waals surface area (Å²) in [6.07, 6.45) is 6.97. The third-order valence-corrected chi connectivity index (χ3v) is 8.15. The highest BCUT2D eigenvalue weighted by Crippen LogP contribution is 2.43. The second-order valence-corrected chi connectivity index (χ2v) is 9.83. The van der Waals surface area contributed by atoms with Gasteiger partial charge in [-0.1, -0.05) is 0 Å². The van der Waals surface area contributed by atoms with Crippen LogP contribution in [0.1, 0.15) is 51.0 Å². The van der Waals surface area contributed by atoms with Gasteiger partial charge in [0, 0.05) is 43.1 Å². The third-order valence-electron chi connectivity index (χ3n) is 8.15. The van der Waals surface area contributed by atoms with Crippen LogP contribution in [-0.2, 0) is 4.79 Å². The van der Waals surface area contributed by atoms with Crippen molar-refractivity contribution in [3.8, 4) is 0 Å². The number of likely N-dealkylation sites (tertiary alicyclic amines) is 1. The van der Waals surface area contributed by atoms with Gasteiger partial charge in [0.15, 0.2) is 0 Å². The number of nitrogens with zero attached hydrogens (tertiary/aromatic N) is 3. The van der Waals surface area contributed by atoms with Crippen molar-refractivity contribution < 1.29 is 4.79 Å². The number of nitrogens with one attached hydrogen (secondary N) is 1. The first-order valence-electron chi connectivity index (χ1n) is 11.7. The normalized spacial score (nSPS) is 30.1. The quantitative estimate of drug-likeness (QED) is 0.852. The summed E-state index contributed by atoms with van der Waals surface area (Å²) in [5, 5.41) is 3.41. The Kier molecular flexibility index (Phi) is 5.07. The van der Waals surface area contributed by atoms with E-state index in [-0.39, 0.29) is 5.41 Å². The van der Waals surface area contributed by atoms with Gasteiger partial charge in [-0.05, 0) is 95.8 Å². The number of benzene rings is 1. The van der Waals surface area contributed by atoms with Gasteiger partial charge in [0.1, 0.15) is 0 Å². The molecule has 0 radical (unpaired) electrons. The number of rotatable bonds is 3. The van der Waals surface area contributed by atoms with Crippen molar-refractivity contribution in [2.75, 3.05) is 49.1 Å². The predicted molar refractivity (Wildman–Crippen MR) is 119 cm³/mol. The van der Waals surface area contributed by atoms with Crippen LogP contribution in [0.2, 0.25) is 0 Å². The topological polar surface area (TPSA) is 38.8 Å². The van der Waals surface area contributed by atoms with E-state index in [1.165, 1.54) is 37.1 Å². The van der Waals surface area contributed by atoms with E-state index in [2.05, 4.69) is 52.1 Å². The van der Waals surface area contributed by atoms with Gasteiger partial charge >= 0.3 is 0 Å². The SMILES string of the molecule is Cc1cc(N2CC[C@H](N3CCC[C@H]3C)C2)ccc1N1CCC2(CCNCC2)C1=O. The summed E-state index contributed by atoms with van der Waals surface area (Å²) in [5.41, 5.74) is 3.58. The minimum absolute atomic E-state index is 0.106. The molecule has 1 N–H and O–H groups in total. The highest BCUT2D eigenvalue weighted by atomic mass is 16.2. The van der Waals surface area contributed by atoms with Crippen molar-refractivity contribution in [3.05, 3.63) is 23.8 Å². The van der Waals surface area contributed by atoms with E-state index in [0.717, 1.165) is 63.7 Å². The number of hydrogen-bond acceptors (Lipinski definition) is 4. The van der Waals surface area contributed by atoms with Crippen molar-refractivity contribution in [3.63, 3.8) is 0 Å². The minimum Gasteiger partial charge on any atom is -0.370 e. The van der Waals surface area contributed by atoms with Crippen LogP contribution in [0.5, 0.6) is 0 Å². The van der Waals surface area contributed by atoms with E-state index in [4.69, 9.17) is 0 Å². The average molecular weight is 397 g/mol. The molecule has 0 aromatic heterocycles. The Morgan fingerprint density at radius 3 is 2.62 bits per heavy atom. The molecule has 5 heteroatoms. The largest absolute Gasteiger partial charge is 0.370 e. The second kappa shape index (κ2) is 7.59. The molecule has 4 aliphatic rings. The van der Waals surface area contributed by atoms with Crippen LogP contribution in [0.3, 0.4) is 0 Å². The maximum Gasteiger partial charge on any atom is 0.233 e. The number of piperidine rings is 1. The lowest BCUT2D eigenvalue weighted by molar-refractivity contribution is -0.126. The number of carbonyl (C=O) groups excluding carboxylic acids is 1. The molecule has 158 valence electrons. The number of anilines is 2. The molecule has 0 saturated carbocycles. The number of carbonyl (C=O) groups is 1. The summed E-state index contributed by atoms with van der Waals surface area (Å²) in [7, 11) is 0. The summed E-state index contributed by atoms with van der Waals surface area (Å²) < 4.78 is 0. The molecule has 1 spiro atoms. The standard InChI is InChI=1S/C24H36N4O/c1-18-16-20(26-14-7-21(17-26)27-13-3-4-19(27)2)5-6-22(18)28-15-10-24(23(28)29)8-11-25-12-9-24/h5-6,16,19,21,25H,3-4,7-15,17H2,1-2H3/t19-,21+/m1/s1. The van der Waals surface area contributed by atoms with Crippen LogP contribution in [0.15, 0.2) is 18.2 Å². The van der Waals surface area contributed by atoms with Crippen LogP contribution in [0, 0.1) is 12.3 Å². The summed E-state index contributed by atoms with van der Waals surface area (Å²) in [5.74, 6) is 0.360. The van der Waals surface area contributed by atoms with E-state index < -0.39 is 0 Å². The Labute approximate surface area is 175 Å². The molecular weight excluding hydrogens is 360 g/mol. The lowest BCUT2D eigenvalue weighted by Gasteiger charge is -2.32. The van der Waals surface area contributed by atoms with Crippen LogP contribution in [0.25, 0.3) is 0 Å². The summed E-state index contributed by atoms with van der Waals surface area (Å²) in [6, 6.07) is 8.21. The van der Waals surface area contributed by atoms with Gasteiger partial charge in [-0.3, -0.25) is 9.69 Å². The lowest BCUT2D eigenvalue weighted by Crippen LogP contribution is -2.42. The first-order valence-corrected chi connectivity index (χ1v) is 11.7. The Balaban J connectivity index is 1.29. The molecule has 4 heterocycles. The van der Waals surface area contributed by atoms with Gasteiger partial charge in [-0.2, -0.15) is 0 Å². The van der Waals surface area contributed by atoms with Crippen LogP contribution in [-0.4, -0.2) is 62.2 Å². The summed E-state index contributed by atoms with van der Waals surface area (Å²) >= 11 is 0. The predicted octanol–water partition coefficient (Wildman–Crippen LogP) is 3.16. The monoisotopic (exact) mass is 396 g/mol. The number of amides is 1. The fourth-order valence-electron chi connectivity index (χ4n) is 6.30. The highest BCUT2D eigenvalue weighted by molar-refractivity contribution is 6.00. The maximum absolute atomic E-state index is 13.3. The summed E-state index contributed by atoms with van der Waals surface area (Å²) in [6.45, 7) is 10.9. The molecule has 1 aromatic carbocycles. The number of aryl methyl sites for hydroxylation is 1. The fourth-order valence-corrected chi connectivity index (χ4v) is 6.30. The average Bonchev–Trinajstić information content (AvgIpc) is 3.44. The van der Waals surface area contributed by atoms with Gasteiger partial charge in [-0.15, -0.1) is 0 Å². The van der Waals surface area contributed by atoms with Crippen LogP contribution >= 0.6 is 0 Å². The molecule has 4 fully saturated rings. The van der Waals surface area contributed by atoms with Crippen molar-refractivity contribution in [1.29, 1.82) is 0 Å². The Bertz CT molecular complexity index is 772. The van der Waals surface area contributed by atoms with Crippen LogP contribution in [0.4, 0.5) is 11.4 Å². The second-order valence-electron chi connectivity index (χ2n) is 9.83. The molecular formula is C24H36N4O. The third kappa shape index (κ3) is 3.36.